The lowest BCUT2D eigenvalue weighted by atomic mass is 9.82. The van der Waals surface area contributed by atoms with E-state index in [9.17, 15) is 5.11 Å². The predicted octanol–water partition coefficient (Wildman–Crippen LogP) is 6.96. The molecule has 0 spiro atoms. The summed E-state index contributed by atoms with van der Waals surface area (Å²) in [6.07, 6.45) is 5.15. The summed E-state index contributed by atoms with van der Waals surface area (Å²) in [6.45, 7) is -0.288. The molecule has 0 saturated carbocycles. The number of aromatic hydroxyl groups is 1. The molecule has 2 aliphatic heterocycles. The van der Waals surface area contributed by atoms with Gasteiger partial charge in [-0.05, 0) is 103 Å². The van der Waals surface area contributed by atoms with Gasteiger partial charge in [0.05, 0.1) is 5.57 Å². The first-order valence-electron chi connectivity index (χ1n) is 13.7. The van der Waals surface area contributed by atoms with Crippen LogP contribution in [0.2, 0.25) is 0 Å². The number of aromatic nitrogens is 1. The average Bonchev–Trinajstić information content (AvgIpc) is 3.51. The molecule has 6 heteroatoms. The third-order valence-electron chi connectivity index (χ3n) is 9.00. The molecular weight excluding hydrogens is 489 g/mol. The van der Waals surface area contributed by atoms with Crippen molar-refractivity contribution in [1.29, 1.82) is 0 Å². The molecule has 0 radical (unpaired) electrons. The second-order valence-electron chi connectivity index (χ2n) is 11.3. The number of allylic oxidation sites excluding steroid dienone is 2. The second kappa shape index (κ2) is 7.69. The van der Waals surface area contributed by atoms with E-state index in [4.69, 9.17) is 0 Å². The van der Waals surface area contributed by atoms with Crippen LogP contribution in [0.15, 0.2) is 84.1 Å². The Bertz CT molecular complexity index is 1850. The van der Waals surface area contributed by atoms with Crippen molar-refractivity contribution in [1.82, 2.24) is 4.48 Å². The van der Waals surface area contributed by atoms with E-state index in [2.05, 4.69) is 12.1 Å². The van der Waals surface area contributed by atoms with Crippen LogP contribution in [0.1, 0.15) is 51.1 Å². The van der Waals surface area contributed by atoms with Crippen molar-refractivity contribution in [3.05, 3.63) is 129 Å². The minimum Gasteiger partial charge on any atom is -0.508 e. The molecule has 4 aliphatic rings. The van der Waals surface area contributed by atoms with Crippen molar-refractivity contribution in [2.45, 2.75) is 39.5 Å². The number of fused-ring (bicyclic) bond motifs is 9. The van der Waals surface area contributed by atoms with E-state index in [0.29, 0.717) is 22.8 Å². The number of halogens is 2. The maximum atomic E-state index is 17.3. The topological polar surface area (TPSA) is 28.2 Å². The Labute approximate surface area is 226 Å². The van der Waals surface area contributed by atoms with Crippen LogP contribution in [0.5, 0.6) is 5.75 Å². The number of phenols is 1. The number of phenolic OH excluding ortho intramolecular Hbond substituents is 1. The Hall–Kier alpha value is -4.19. The molecule has 3 nitrogen and oxygen atoms in total. The SMILES string of the molecule is Cc1cc(O)cc(C)c1C1=C2C=C3CCc4ccccc4C3=[N+]2[B-](F)(F)n2c1cc1c2-c2ccccc2CC1. The Balaban J connectivity index is 1.54. The van der Waals surface area contributed by atoms with Gasteiger partial charge < -0.3 is 22.7 Å². The van der Waals surface area contributed by atoms with E-state index in [1.807, 2.05) is 62.4 Å². The van der Waals surface area contributed by atoms with Crippen molar-refractivity contribution >= 4 is 18.3 Å². The van der Waals surface area contributed by atoms with Gasteiger partial charge in [-0.15, -0.1) is 0 Å². The molecule has 4 aromatic rings. The van der Waals surface area contributed by atoms with Crippen molar-refractivity contribution in [3.8, 4) is 17.0 Å². The summed E-state index contributed by atoms with van der Waals surface area (Å²) in [4.78, 5) is 0. The average molecular weight is 516 g/mol. The second-order valence-corrected chi connectivity index (χ2v) is 11.3. The molecule has 0 amide bonds. The molecule has 3 aromatic carbocycles. The molecule has 0 fully saturated rings. The largest absolute Gasteiger partial charge is 0.737 e. The van der Waals surface area contributed by atoms with Crippen LogP contribution in [-0.2, 0) is 19.3 Å². The molecule has 0 unspecified atom stereocenters. The van der Waals surface area contributed by atoms with Gasteiger partial charge in [-0.25, -0.2) is 0 Å². The fraction of sp³-hybridized carbons (Fsp3) is 0.182. The van der Waals surface area contributed by atoms with Crippen LogP contribution >= 0.6 is 0 Å². The third-order valence-corrected chi connectivity index (χ3v) is 9.00. The van der Waals surface area contributed by atoms with Crippen molar-refractivity contribution in [2.75, 3.05) is 0 Å². The molecule has 192 valence electrons. The van der Waals surface area contributed by atoms with Crippen LogP contribution in [0.25, 0.3) is 16.8 Å². The summed E-state index contributed by atoms with van der Waals surface area (Å²) >= 11 is 0. The highest BCUT2D eigenvalue weighted by Crippen LogP contribution is 2.49. The molecule has 1 aromatic heterocycles. The van der Waals surface area contributed by atoms with E-state index in [1.54, 1.807) is 12.1 Å². The zero-order valence-electron chi connectivity index (χ0n) is 21.9. The minimum absolute atomic E-state index is 0.187. The lowest BCUT2D eigenvalue weighted by Crippen LogP contribution is -2.52. The predicted molar refractivity (Wildman–Crippen MR) is 151 cm³/mol. The molecular formula is C33H27BF2N2O. The van der Waals surface area contributed by atoms with E-state index < -0.39 is 6.97 Å². The Morgan fingerprint density at radius 2 is 1.41 bits per heavy atom. The van der Waals surface area contributed by atoms with Gasteiger partial charge >= 0.3 is 6.97 Å². The fourth-order valence-electron chi connectivity index (χ4n) is 7.49. The minimum atomic E-state index is -4.20. The molecule has 0 bridgehead atoms. The standard InChI is InChI=1S/C33H27BF2N2O/c1-19-15-25(39)16-20(2)30(19)31-28-17-23-13-11-21-7-3-5-9-26(21)32(23)37(28)34(35,36)38-29(31)18-24-14-12-22-8-4-6-10-27(22)33(24)38/h3-10,15-18,39H,11-14H2,1-2H3. The van der Waals surface area contributed by atoms with Crippen LogP contribution in [0, 0.1) is 13.8 Å². The number of hydrogen-bond donors (Lipinski definition) is 1. The summed E-state index contributed by atoms with van der Waals surface area (Å²) in [7, 11) is 0. The van der Waals surface area contributed by atoms with Crippen LogP contribution in [-0.4, -0.2) is 26.8 Å². The van der Waals surface area contributed by atoms with Crippen molar-refractivity contribution < 1.29 is 18.2 Å². The smallest absolute Gasteiger partial charge is 0.508 e. The van der Waals surface area contributed by atoms with Crippen molar-refractivity contribution in [2.24, 2.45) is 0 Å². The van der Waals surface area contributed by atoms with E-state index in [1.165, 1.54) is 8.96 Å². The fourth-order valence-corrected chi connectivity index (χ4v) is 7.49. The maximum Gasteiger partial charge on any atom is 0.737 e. The first-order valence-corrected chi connectivity index (χ1v) is 13.7. The van der Waals surface area contributed by atoms with Gasteiger partial charge in [-0.3, -0.25) is 0 Å². The number of benzene rings is 3. The summed E-state index contributed by atoms with van der Waals surface area (Å²) in [6, 6.07) is 21.4. The molecule has 2 aliphatic carbocycles. The number of rotatable bonds is 1. The number of hydrogen-bond acceptors (Lipinski definition) is 1. The molecule has 8 rings (SSSR count). The van der Waals surface area contributed by atoms with Crippen LogP contribution < -0.4 is 0 Å². The summed E-state index contributed by atoms with van der Waals surface area (Å²) in [5.74, 6) is 0.187. The highest BCUT2D eigenvalue weighted by Gasteiger charge is 2.57. The van der Waals surface area contributed by atoms with Crippen LogP contribution in [0.4, 0.5) is 8.63 Å². The monoisotopic (exact) mass is 516 g/mol. The highest BCUT2D eigenvalue weighted by atomic mass is 19.2. The summed E-state index contributed by atoms with van der Waals surface area (Å²) in [5, 5.41) is 10.3. The number of nitrogens with zero attached hydrogens (tertiary/aromatic N) is 2. The zero-order valence-corrected chi connectivity index (χ0v) is 21.9. The van der Waals surface area contributed by atoms with Gasteiger partial charge in [0, 0.05) is 28.6 Å². The van der Waals surface area contributed by atoms with E-state index >= 15 is 8.63 Å². The highest BCUT2D eigenvalue weighted by molar-refractivity contribution is 6.59. The van der Waals surface area contributed by atoms with Gasteiger partial charge in [0.15, 0.2) is 11.4 Å². The Morgan fingerprint density at radius 3 is 2.15 bits per heavy atom. The molecule has 1 N–H and O–H groups in total. The first kappa shape index (κ1) is 22.8. The summed E-state index contributed by atoms with van der Waals surface area (Å²) in [5.41, 5.74) is 11.8. The molecule has 0 saturated heterocycles. The maximum absolute atomic E-state index is 17.3. The summed E-state index contributed by atoms with van der Waals surface area (Å²) < 4.78 is 37.3. The number of aryl methyl sites for hydroxylation is 5. The molecule has 3 heterocycles. The lowest BCUT2D eigenvalue weighted by molar-refractivity contribution is -0.361. The zero-order chi connectivity index (χ0) is 26.6. The Kier molecular flexibility index (Phi) is 4.49. The Morgan fingerprint density at radius 1 is 0.795 bits per heavy atom. The van der Waals surface area contributed by atoms with Gasteiger partial charge in [0.25, 0.3) is 0 Å². The van der Waals surface area contributed by atoms with Gasteiger partial charge in [0.1, 0.15) is 5.75 Å². The molecule has 0 atom stereocenters. The van der Waals surface area contributed by atoms with Crippen molar-refractivity contribution in [3.63, 3.8) is 0 Å². The third kappa shape index (κ3) is 2.94. The first-order chi connectivity index (χ1) is 18.8. The van der Waals surface area contributed by atoms with Gasteiger partial charge in [-0.2, -0.15) is 0 Å². The quantitative estimate of drug-likeness (QED) is 0.272. The van der Waals surface area contributed by atoms with E-state index in [0.717, 1.165) is 81.3 Å². The van der Waals surface area contributed by atoms with E-state index in [-0.39, 0.29) is 5.75 Å². The van der Waals surface area contributed by atoms with Gasteiger partial charge in [0.2, 0.25) is 0 Å². The van der Waals surface area contributed by atoms with Gasteiger partial charge in [-0.1, -0.05) is 42.5 Å². The lowest BCUT2D eigenvalue weighted by Gasteiger charge is -2.35. The molecule has 39 heavy (non-hydrogen) atoms. The van der Waals surface area contributed by atoms with Crippen LogP contribution in [0.3, 0.4) is 0 Å². The normalized spacial score (nSPS) is 18.1.